The van der Waals surface area contributed by atoms with E-state index in [1.165, 1.54) is 10.7 Å². The Bertz CT molecular complexity index is 1350. The molecule has 0 fully saturated rings. The van der Waals surface area contributed by atoms with E-state index in [0.29, 0.717) is 46.3 Å². The Morgan fingerprint density at radius 1 is 1.09 bits per heavy atom. The first-order valence-corrected chi connectivity index (χ1v) is 11.0. The Morgan fingerprint density at radius 2 is 1.84 bits per heavy atom. The van der Waals surface area contributed by atoms with E-state index in [2.05, 4.69) is 21.0 Å². The van der Waals surface area contributed by atoms with E-state index in [-0.39, 0.29) is 11.3 Å². The van der Waals surface area contributed by atoms with Gasteiger partial charge in [-0.05, 0) is 53.0 Å². The zero-order valence-electron chi connectivity index (χ0n) is 17.6. The lowest BCUT2D eigenvalue weighted by atomic mass is 10.00. The van der Waals surface area contributed by atoms with E-state index in [1.807, 2.05) is 32.0 Å². The molecule has 0 unspecified atom stereocenters. The molecule has 0 spiro atoms. The van der Waals surface area contributed by atoms with Gasteiger partial charge in [0.1, 0.15) is 17.0 Å². The minimum Gasteiger partial charge on any atom is -0.478 e. The summed E-state index contributed by atoms with van der Waals surface area (Å²) < 4.78 is 8.17. The van der Waals surface area contributed by atoms with Crippen LogP contribution in [0.2, 0.25) is 0 Å². The monoisotopic (exact) mass is 496 g/mol. The molecule has 0 saturated heterocycles. The SMILES string of the molecule is CCc1nn(CC)c(C(=O)O)c1Cc1ccc2oc(-c3ccccc3C(=O)O)c(Br)c2c1. The summed E-state index contributed by atoms with van der Waals surface area (Å²) in [6, 6.07) is 12.3. The standard InChI is InChI=1S/C24H21BrN2O5/c1-3-18-16(21(24(30)31)27(4-2)26-18)11-13-9-10-19-17(12-13)20(25)22(32-19)14-7-5-6-8-15(14)23(28)29/h5-10,12H,3-4,11H2,1-2H3,(H,28,29)(H,30,31). The van der Waals surface area contributed by atoms with Gasteiger partial charge in [-0.1, -0.05) is 31.2 Å². The Morgan fingerprint density at radius 3 is 2.50 bits per heavy atom. The zero-order chi connectivity index (χ0) is 23.0. The largest absolute Gasteiger partial charge is 0.478 e. The van der Waals surface area contributed by atoms with Crippen LogP contribution in [0.4, 0.5) is 0 Å². The fourth-order valence-electron chi connectivity index (χ4n) is 3.96. The molecule has 0 atom stereocenters. The summed E-state index contributed by atoms with van der Waals surface area (Å²) in [6.45, 7) is 4.31. The van der Waals surface area contributed by atoms with Gasteiger partial charge in [-0.15, -0.1) is 0 Å². The molecular formula is C24H21BrN2O5. The van der Waals surface area contributed by atoms with Gasteiger partial charge in [-0.3, -0.25) is 4.68 Å². The molecule has 4 rings (SSSR count). The van der Waals surface area contributed by atoms with E-state index >= 15 is 0 Å². The highest BCUT2D eigenvalue weighted by Crippen LogP contribution is 2.39. The minimum absolute atomic E-state index is 0.151. The summed E-state index contributed by atoms with van der Waals surface area (Å²) in [7, 11) is 0. The Balaban J connectivity index is 1.80. The lowest BCUT2D eigenvalue weighted by Crippen LogP contribution is -2.10. The van der Waals surface area contributed by atoms with Crippen LogP contribution in [0.15, 0.2) is 51.4 Å². The van der Waals surface area contributed by atoms with Crippen molar-refractivity contribution in [1.82, 2.24) is 9.78 Å². The van der Waals surface area contributed by atoms with Crippen molar-refractivity contribution in [3.05, 3.63) is 75.0 Å². The zero-order valence-corrected chi connectivity index (χ0v) is 19.1. The molecule has 0 radical (unpaired) electrons. The number of aromatic carboxylic acids is 2. The lowest BCUT2D eigenvalue weighted by molar-refractivity contribution is 0.0676. The fourth-order valence-corrected chi connectivity index (χ4v) is 4.56. The van der Waals surface area contributed by atoms with Crippen molar-refractivity contribution in [2.24, 2.45) is 0 Å². The normalized spacial score (nSPS) is 11.2. The van der Waals surface area contributed by atoms with Crippen LogP contribution in [-0.4, -0.2) is 31.9 Å². The van der Waals surface area contributed by atoms with Crippen LogP contribution >= 0.6 is 15.9 Å². The first-order valence-electron chi connectivity index (χ1n) is 10.2. The first kappa shape index (κ1) is 21.8. The van der Waals surface area contributed by atoms with Gasteiger partial charge >= 0.3 is 11.9 Å². The molecule has 0 aliphatic carbocycles. The second-order valence-corrected chi connectivity index (χ2v) is 8.14. The second kappa shape index (κ2) is 8.63. The smallest absolute Gasteiger partial charge is 0.354 e. The van der Waals surface area contributed by atoms with Crippen molar-refractivity contribution in [3.63, 3.8) is 0 Å². The third kappa shape index (κ3) is 3.71. The van der Waals surface area contributed by atoms with Gasteiger partial charge in [0.05, 0.1) is 15.7 Å². The number of carbonyl (C=O) groups is 2. The number of carboxylic acids is 2. The maximum Gasteiger partial charge on any atom is 0.354 e. The predicted molar refractivity (Wildman–Crippen MR) is 123 cm³/mol. The molecule has 7 nitrogen and oxygen atoms in total. The van der Waals surface area contributed by atoms with Gasteiger partial charge in [0.25, 0.3) is 0 Å². The summed E-state index contributed by atoms with van der Waals surface area (Å²) >= 11 is 3.58. The number of nitrogens with zero attached hydrogens (tertiary/aromatic N) is 2. The van der Waals surface area contributed by atoms with E-state index in [0.717, 1.165) is 16.6 Å². The molecule has 2 N–H and O–H groups in total. The number of rotatable bonds is 7. The van der Waals surface area contributed by atoms with Gasteiger partial charge in [-0.25, -0.2) is 9.59 Å². The van der Waals surface area contributed by atoms with Crippen molar-refractivity contribution in [3.8, 4) is 11.3 Å². The van der Waals surface area contributed by atoms with Gasteiger partial charge in [0.15, 0.2) is 0 Å². The quantitative estimate of drug-likeness (QED) is 0.343. The number of halogens is 1. The Kier molecular flexibility index (Phi) is 5.88. The number of hydrogen-bond donors (Lipinski definition) is 2. The fraction of sp³-hybridized carbons (Fsp3) is 0.208. The molecule has 0 saturated carbocycles. The van der Waals surface area contributed by atoms with Crippen molar-refractivity contribution < 1.29 is 24.2 Å². The molecule has 0 amide bonds. The highest BCUT2D eigenvalue weighted by Gasteiger charge is 2.23. The first-order chi connectivity index (χ1) is 15.3. The third-order valence-corrected chi connectivity index (χ3v) is 6.23. The lowest BCUT2D eigenvalue weighted by Gasteiger charge is -2.05. The molecule has 2 aromatic carbocycles. The van der Waals surface area contributed by atoms with E-state index in [1.54, 1.807) is 18.2 Å². The second-order valence-electron chi connectivity index (χ2n) is 7.35. The van der Waals surface area contributed by atoms with E-state index in [9.17, 15) is 19.8 Å². The molecule has 2 aromatic heterocycles. The van der Waals surface area contributed by atoms with Crippen molar-refractivity contribution >= 4 is 38.8 Å². The number of furan rings is 1. The van der Waals surface area contributed by atoms with Gasteiger partial charge in [0.2, 0.25) is 0 Å². The maximum atomic E-state index is 11.9. The van der Waals surface area contributed by atoms with Crippen LogP contribution in [0.3, 0.4) is 0 Å². The van der Waals surface area contributed by atoms with Gasteiger partial charge in [0, 0.05) is 29.5 Å². The van der Waals surface area contributed by atoms with Gasteiger partial charge < -0.3 is 14.6 Å². The maximum absolute atomic E-state index is 11.9. The van der Waals surface area contributed by atoms with Crippen LogP contribution in [0, 0.1) is 0 Å². The molecule has 2 heterocycles. The summed E-state index contributed by atoms with van der Waals surface area (Å²) in [5.74, 6) is -1.59. The number of carboxylic acid groups (broad SMARTS) is 2. The molecule has 32 heavy (non-hydrogen) atoms. The highest BCUT2D eigenvalue weighted by molar-refractivity contribution is 9.10. The summed E-state index contributed by atoms with van der Waals surface area (Å²) in [5, 5.41) is 24.5. The summed E-state index contributed by atoms with van der Waals surface area (Å²) in [4.78, 5) is 23.5. The van der Waals surface area contributed by atoms with Crippen molar-refractivity contribution in [1.29, 1.82) is 0 Å². The number of fused-ring (bicyclic) bond motifs is 1. The van der Waals surface area contributed by atoms with Crippen LogP contribution in [-0.2, 0) is 19.4 Å². The molecule has 4 aromatic rings. The Labute approximate surface area is 192 Å². The van der Waals surface area contributed by atoms with E-state index < -0.39 is 11.9 Å². The van der Waals surface area contributed by atoms with Crippen LogP contribution in [0.25, 0.3) is 22.3 Å². The topological polar surface area (TPSA) is 106 Å². The number of benzene rings is 2. The van der Waals surface area contributed by atoms with Gasteiger partial charge in [-0.2, -0.15) is 5.10 Å². The summed E-state index contributed by atoms with van der Waals surface area (Å²) in [6.07, 6.45) is 1.05. The molecule has 164 valence electrons. The van der Waals surface area contributed by atoms with Crippen LogP contribution < -0.4 is 0 Å². The van der Waals surface area contributed by atoms with Crippen molar-refractivity contribution in [2.45, 2.75) is 33.2 Å². The molecule has 0 aliphatic rings. The predicted octanol–water partition coefficient (Wildman–Crippen LogP) is 5.63. The number of aromatic nitrogens is 2. The minimum atomic E-state index is -1.03. The van der Waals surface area contributed by atoms with Crippen molar-refractivity contribution in [2.75, 3.05) is 0 Å². The van der Waals surface area contributed by atoms with Crippen LogP contribution in [0.1, 0.15) is 51.5 Å². The van der Waals surface area contributed by atoms with E-state index in [4.69, 9.17) is 4.42 Å². The highest BCUT2D eigenvalue weighted by atomic mass is 79.9. The average molecular weight is 497 g/mol. The third-order valence-electron chi connectivity index (χ3n) is 5.45. The molecule has 0 aliphatic heterocycles. The Hall–Kier alpha value is -3.39. The molecule has 8 heteroatoms. The summed E-state index contributed by atoms with van der Waals surface area (Å²) in [5.41, 5.74) is 3.84. The number of aryl methyl sites for hydroxylation is 2. The molecule has 0 bridgehead atoms. The van der Waals surface area contributed by atoms with Crippen LogP contribution in [0.5, 0.6) is 0 Å². The molecular weight excluding hydrogens is 476 g/mol. The average Bonchev–Trinajstić information content (AvgIpc) is 3.31. The number of hydrogen-bond acceptors (Lipinski definition) is 4.